The molecule has 1 aliphatic heterocycles. The first-order valence-corrected chi connectivity index (χ1v) is 8.65. The zero-order valence-electron chi connectivity index (χ0n) is 13.5. The maximum atomic E-state index is 5.81. The molecular formula is C19H29NO. The highest BCUT2D eigenvalue weighted by atomic mass is 16.5. The molecule has 1 N–H and O–H groups in total. The highest BCUT2D eigenvalue weighted by molar-refractivity contribution is 5.37. The third-order valence-corrected chi connectivity index (χ3v) is 5.34. The van der Waals surface area contributed by atoms with Gasteiger partial charge in [-0.05, 0) is 68.0 Å². The van der Waals surface area contributed by atoms with Gasteiger partial charge in [0, 0.05) is 6.04 Å². The van der Waals surface area contributed by atoms with Crippen molar-refractivity contribution in [2.24, 2.45) is 5.41 Å². The lowest BCUT2D eigenvalue weighted by atomic mass is 9.75. The van der Waals surface area contributed by atoms with Crippen molar-refractivity contribution in [1.82, 2.24) is 5.32 Å². The van der Waals surface area contributed by atoms with Crippen molar-refractivity contribution in [2.75, 3.05) is 13.2 Å². The lowest BCUT2D eigenvalue weighted by molar-refractivity contribution is 0.214. The minimum atomic E-state index is 0.501. The maximum Gasteiger partial charge on any atom is 0.122 e. The Kier molecular flexibility index (Phi) is 4.54. The van der Waals surface area contributed by atoms with Crippen LogP contribution in [0.5, 0.6) is 5.75 Å². The van der Waals surface area contributed by atoms with Gasteiger partial charge in [-0.25, -0.2) is 0 Å². The average Bonchev–Trinajstić information content (AvgIpc) is 2.87. The van der Waals surface area contributed by atoms with Gasteiger partial charge >= 0.3 is 0 Å². The summed E-state index contributed by atoms with van der Waals surface area (Å²) < 4.78 is 5.81. The summed E-state index contributed by atoms with van der Waals surface area (Å²) in [5, 5.41) is 3.72. The fraction of sp³-hybridized carbons (Fsp3) is 0.684. The summed E-state index contributed by atoms with van der Waals surface area (Å²) in [6.07, 6.45) is 7.79. The van der Waals surface area contributed by atoms with Crippen LogP contribution in [0, 0.1) is 5.41 Å². The van der Waals surface area contributed by atoms with Crippen molar-refractivity contribution in [3.05, 3.63) is 29.8 Å². The Bertz CT molecular complexity index is 472. The van der Waals surface area contributed by atoms with E-state index in [0.717, 1.165) is 18.4 Å². The highest BCUT2D eigenvalue weighted by Gasteiger charge is 2.37. The Morgan fingerprint density at radius 1 is 1.29 bits per heavy atom. The largest absolute Gasteiger partial charge is 0.493 e. The number of fused-ring (bicyclic) bond motifs is 1. The Hall–Kier alpha value is -1.02. The molecule has 2 nitrogen and oxygen atoms in total. The van der Waals surface area contributed by atoms with Gasteiger partial charge in [-0.3, -0.25) is 0 Å². The van der Waals surface area contributed by atoms with E-state index in [1.807, 2.05) is 0 Å². The lowest BCUT2D eigenvalue weighted by Gasteiger charge is -2.33. The molecule has 0 amide bonds. The van der Waals surface area contributed by atoms with Crippen LogP contribution in [-0.4, -0.2) is 19.2 Å². The van der Waals surface area contributed by atoms with Gasteiger partial charge in [0.2, 0.25) is 0 Å². The molecule has 0 bridgehead atoms. The molecule has 2 heteroatoms. The minimum absolute atomic E-state index is 0.501. The third kappa shape index (κ3) is 3.42. The first-order valence-electron chi connectivity index (χ1n) is 8.65. The van der Waals surface area contributed by atoms with Crippen LogP contribution < -0.4 is 10.1 Å². The second kappa shape index (κ2) is 6.39. The van der Waals surface area contributed by atoms with E-state index in [4.69, 9.17) is 4.74 Å². The molecule has 2 aliphatic rings. The third-order valence-electron chi connectivity index (χ3n) is 5.34. The van der Waals surface area contributed by atoms with Gasteiger partial charge in [0.1, 0.15) is 5.75 Å². The number of hydrogen-bond acceptors (Lipinski definition) is 2. The number of ether oxygens (including phenoxy) is 1. The van der Waals surface area contributed by atoms with Crippen molar-refractivity contribution in [3.63, 3.8) is 0 Å². The van der Waals surface area contributed by atoms with E-state index >= 15 is 0 Å². The van der Waals surface area contributed by atoms with Gasteiger partial charge in [-0.15, -0.1) is 0 Å². The number of hydrogen-bond donors (Lipinski definition) is 1. The molecule has 0 aromatic heterocycles. The Labute approximate surface area is 129 Å². The molecule has 1 fully saturated rings. The fourth-order valence-corrected chi connectivity index (χ4v) is 4.25. The number of para-hydroxylation sites is 1. The van der Waals surface area contributed by atoms with Crippen LogP contribution in [0.2, 0.25) is 0 Å². The first kappa shape index (κ1) is 14.9. The fourth-order valence-electron chi connectivity index (χ4n) is 4.25. The molecule has 0 saturated heterocycles. The summed E-state index contributed by atoms with van der Waals surface area (Å²) in [4.78, 5) is 0. The molecule has 116 valence electrons. The molecule has 0 spiro atoms. The molecule has 1 aromatic carbocycles. The van der Waals surface area contributed by atoms with E-state index in [-0.39, 0.29) is 0 Å². The molecule has 3 atom stereocenters. The van der Waals surface area contributed by atoms with E-state index in [1.54, 1.807) is 0 Å². The Morgan fingerprint density at radius 3 is 3.00 bits per heavy atom. The summed E-state index contributed by atoms with van der Waals surface area (Å²) in [7, 11) is 0. The zero-order valence-corrected chi connectivity index (χ0v) is 13.5. The topological polar surface area (TPSA) is 21.3 Å². The number of rotatable bonds is 5. The van der Waals surface area contributed by atoms with Crippen LogP contribution in [0.25, 0.3) is 0 Å². The normalized spacial score (nSPS) is 31.7. The van der Waals surface area contributed by atoms with E-state index in [9.17, 15) is 0 Å². The van der Waals surface area contributed by atoms with E-state index in [0.29, 0.717) is 11.3 Å². The molecular weight excluding hydrogens is 258 g/mol. The molecule has 21 heavy (non-hydrogen) atoms. The van der Waals surface area contributed by atoms with Crippen LogP contribution >= 0.6 is 0 Å². The predicted molar refractivity (Wildman–Crippen MR) is 88.0 cm³/mol. The molecule has 1 aromatic rings. The molecule has 0 radical (unpaired) electrons. The van der Waals surface area contributed by atoms with Crippen molar-refractivity contribution >= 4 is 0 Å². The van der Waals surface area contributed by atoms with Gasteiger partial charge in [-0.2, -0.15) is 0 Å². The molecule has 3 unspecified atom stereocenters. The van der Waals surface area contributed by atoms with Crippen molar-refractivity contribution in [3.8, 4) is 5.75 Å². The second-order valence-corrected chi connectivity index (χ2v) is 7.28. The average molecular weight is 287 g/mol. The summed E-state index contributed by atoms with van der Waals surface area (Å²) in [6, 6.07) is 9.38. The Balaban J connectivity index is 1.65. The monoisotopic (exact) mass is 287 g/mol. The van der Waals surface area contributed by atoms with Gasteiger partial charge in [0.05, 0.1) is 6.61 Å². The molecule has 3 rings (SSSR count). The summed E-state index contributed by atoms with van der Waals surface area (Å²) >= 11 is 0. The van der Waals surface area contributed by atoms with Crippen molar-refractivity contribution in [1.29, 1.82) is 0 Å². The predicted octanol–water partition coefficient (Wildman–Crippen LogP) is 4.50. The SMILES string of the molecule is CCCNC1CCC(C)(CC2CCOc3ccccc32)C1. The van der Waals surface area contributed by atoms with Crippen LogP contribution in [0.1, 0.15) is 63.9 Å². The summed E-state index contributed by atoms with van der Waals surface area (Å²) in [5.74, 6) is 1.81. The van der Waals surface area contributed by atoms with Gasteiger partial charge in [-0.1, -0.05) is 32.0 Å². The van der Waals surface area contributed by atoms with Crippen LogP contribution in [0.4, 0.5) is 0 Å². The summed E-state index contributed by atoms with van der Waals surface area (Å²) in [6.45, 7) is 6.80. The number of benzene rings is 1. The minimum Gasteiger partial charge on any atom is -0.493 e. The molecule has 1 aliphatic carbocycles. The quantitative estimate of drug-likeness (QED) is 0.861. The van der Waals surface area contributed by atoms with Crippen molar-refractivity contribution < 1.29 is 4.74 Å². The van der Waals surface area contributed by atoms with E-state index in [2.05, 4.69) is 43.4 Å². The smallest absolute Gasteiger partial charge is 0.122 e. The second-order valence-electron chi connectivity index (χ2n) is 7.28. The van der Waals surface area contributed by atoms with Gasteiger partial charge in [0.15, 0.2) is 0 Å². The van der Waals surface area contributed by atoms with Crippen molar-refractivity contribution in [2.45, 2.75) is 64.3 Å². The summed E-state index contributed by atoms with van der Waals surface area (Å²) in [5.41, 5.74) is 1.94. The van der Waals surface area contributed by atoms with E-state index in [1.165, 1.54) is 50.6 Å². The van der Waals surface area contributed by atoms with Crippen LogP contribution in [0.3, 0.4) is 0 Å². The van der Waals surface area contributed by atoms with Gasteiger partial charge in [0.25, 0.3) is 0 Å². The Morgan fingerprint density at radius 2 is 2.14 bits per heavy atom. The van der Waals surface area contributed by atoms with Crippen LogP contribution in [-0.2, 0) is 0 Å². The van der Waals surface area contributed by atoms with Gasteiger partial charge < -0.3 is 10.1 Å². The first-order chi connectivity index (χ1) is 10.2. The maximum absolute atomic E-state index is 5.81. The highest BCUT2D eigenvalue weighted by Crippen LogP contribution is 2.48. The molecule has 1 heterocycles. The standard InChI is InChI=1S/C19H29NO/c1-3-11-20-16-8-10-19(2,14-16)13-15-9-12-21-18-7-5-4-6-17(15)18/h4-7,15-16,20H,3,8-14H2,1-2H3. The lowest BCUT2D eigenvalue weighted by Crippen LogP contribution is -2.29. The van der Waals surface area contributed by atoms with E-state index < -0.39 is 0 Å². The van der Waals surface area contributed by atoms with Crippen LogP contribution in [0.15, 0.2) is 24.3 Å². The molecule has 1 saturated carbocycles. The zero-order chi connectivity index (χ0) is 14.7. The number of nitrogens with one attached hydrogen (secondary N) is 1.